The summed E-state index contributed by atoms with van der Waals surface area (Å²) in [6, 6.07) is 5.88. The number of carbonyl (C=O) groups excluding carboxylic acids is 1. The van der Waals surface area contributed by atoms with Crippen LogP contribution in [0.3, 0.4) is 0 Å². The van der Waals surface area contributed by atoms with E-state index >= 15 is 0 Å². The Morgan fingerprint density at radius 3 is 2.60 bits per heavy atom. The van der Waals surface area contributed by atoms with E-state index in [0.29, 0.717) is 0 Å². The van der Waals surface area contributed by atoms with Gasteiger partial charge >= 0.3 is 16.3 Å². The molecule has 0 unspecified atom stereocenters. The highest BCUT2D eigenvalue weighted by Crippen LogP contribution is 2.20. The van der Waals surface area contributed by atoms with E-state index < -0.39 is 22.4 Å². The molecule has 9 heteroatoms. The Hall–Kier alpha value is -2.47. The van der Waals surface area contributed by atoms with Gasteiger partial charge in [-0.1, -0.05) is 0 Å². The number of nitriles is 1. The van der Waals surface area contributed by atoms with E-state index in [0.717, 1.165) is 0 Å². The smallest absolute Gasteiger partial charge is 0.422 e. The molecule has 1 aromatic rings. The molecule has 0 atom stereocenters. The van der Waals surface area contributed by atoms with Gasteiger partial charge in [0.05, 0.1) is 29.1 Å². The molecule has 0 aliphatic carbocycles. The molecule has 1 rings (SSSR count). The molecule has 0 saturated heterocycles. The zero-order valence-corrected chi connectivity index (χ0v) is 11.7. The van der Waals surface area contributed by atoms with E-state index in [9.17, 15) is 13.2 Å². The van der Waals surface area contributed by atoms with Gasteiger partial charge in [0.2, 0.25) is 0 Å². The lowest BCUT2D eigenvalue weighted by molar-refractivity contribution is 0.121. The van der Waals surface area contributed by atoms with Crippen molar-refractivity contribution in [2.24, 2.45) is 0 Å². The summed E-state index contributed by atoms with van der Waals surface area (Å²) in [5.74, 6) is 0. The summed E-state index contributed by atoms with van der Waals surface area (Å²) in [6.45, 7) is 3.16. The van der Waals surface area contributed by atoms with Gasteiger partial charge < -0.3 is 10.5 Å². The first-order valence-electron chi connectivity index (χ1n) is 5.54. The Kier molecular flexibility index (Phi) is 4.77. The number of hydrogen-bond acceptors (Lipinski definition) is 6. The molecule has 0 aliphatic rings. The van der Waals surface area contributed by atoms with Crippen molar-refractivity contribution in [3.63, 3.8) is 0 Å². The Balaban J connectivity index is 2.82. The van der Waals surface area contributed by atoms with Crippen LogP contribution in [-0.2, 0) is 14.9 Å². The zero-order valence-electron chi connectivity index (χ0n) is 10.9. The summed E-state index contributed by atoms with van der Waals surface area (Å²) in [5.41, 5.74) is 5.99. The van der Waals surface area contributed by atoms with Gasteiger partial charge in [0.25, 0.3) is 0 Å². The van der Waals surface area contributed by atoms with Gasteiger partial charge in [-0.2, -0.15) is 13.7 Å². The summed E-state index contributed by atoms with van der Waals surface area (Å²) in [6.07, 6.45) is -1.55. The minimum Gasteiger partial charge on any atom is -0.446 e. The number of amides is 1. The molecule has 8 nitrogen and oxygen atoms in total. The van der Waals surface area contributed by atoms with Crippen molar-refractivity contribution in [1.82, 2.24) is 4.72 Å². The first kappa shape index (κ1) is 15.6. The molecule has 0 spiro atoms. The number of hydrogen-bond donors (Lipinski definition) is 3. The van der Waals surface area contributed by atoms with Crippen molar-refractivity contribution >= 4 is 27.7 Å². The Morgan fingerprint density at radius 1 is 1.45 bits per heavy atom. The fourth-order valence-electron chi connectivity index (χ4n) is 1.24. The minimum absolute atomic E-state index is 0.0499. The van der Waals surface area contributed by atoms with E-state index in [1.165, 1.54) is 18.2 Å². The standard InChI is InChI=1S/C11H14N4O4S/c1-7(2)19-11(16)15-20(17,18)14-10-4-3-8(6-12)5-9(10)13/h3-5,7,14H,13H2,1-2H3,(H,15,16). The normalized spacial score (nSPS) is 10.7. The highest BCUT2D eigenvalue weighted by Gasteiger charge is 2.17. The van der Waals surface area contributed by atoms with Crippen LogP contribution in [0.2, 0.25) is 0 Å². The van der Waals surface area contributed by atoms with Crippen LogP contribution in [0.15, 0.2) is 18.2 Å². The third-order valence-electron chi connectivity index (χ3n) is 1.99. The molecule has 0 radical (unpaired) electrons. The Bertz CT molecular complexity index is 649. The van der Waals surface area contributed by atoms with Gasteiger partial charge in [0.1, 0.15) is 0 Å². The van der Waals surface area contributed by atoms with Crippen molar-refractivity contribution in [2.75, 3.05) is 10.5 Å². The Labute approximate surface area is 116 Å². The second-order valence-corrected chi connectivity index (χ2v) is 5.49. The number of carbonyl (C=O) groups is 1. The van der Waals surface area contributed by atoms with Crippen LogP contribution in [0.4, 0.5) is 16.2 Å². The van der Waals surface area contributed by atoms with E-state index in [1.807, 2.05) is 6.07 Å². The van der Waals surface area contributed by atoms with E-state index in [-0.39, 0.29) is 16.9 Å². The molecule has 0 heterocycles. The summed E-state index contributed by atoms with van der Waals surface area (Å²) >= 11 is 0. The quantitative estimate of drug-likeness (QED) is 0.708. The van der Waals surface area contributed by atoms with Gasteiger partial charge in [-0.3, -0.25) is 4.72 Å². The van der Waals surface area contributed by atoms with Gasteiger partial charge in [-0.05, 0) is 32.0 Å². The number of rotatable bonds is 4. The molecule has 0 aromatic heterocycles. The topological polar surface area (TPSA) is 134 Å². The lowest BCUT2D eigenvalue weighted by Gasteiger charge is -2.12. The van der Waals surface area contributed by atoms with Crippen LogP contribution in [0.5, 0.6) is 0 Å². The zero-order chi connectivity index (χ0) is 15.3. The minimum atomic E-state index is -4.16. The SMILES string of the molecule is CC(C)OC(=O)NS(=O)(=O)Nc1ccc(C#N)cc1N. The lowest BCUT2D eigenvalue weighted by Crippen LogP contribution is -2.37. The van der Waals surface area contributed by atoms with Crippen molar-refractivity contribution < 1.29 is 17.9 Å². The van der Waals surface area contributed by atoms with Crippen LogP contribution in [-0.4, -0.2) is 20.6 Å². The van der Waals surface area contributed by atoms with E-state index in [1.54, 1.807) is 18.6 Å². The summed E-state index contributed by atoms with van der Waals surface area (Å²) in [7, 11) is -4.16. The van der Waals surface area contributed by atoms with Gasteiger partial charge in [-0.15, -0.1) is 0 Å². The van der Waals surface area contributed by atoms with Gasteiger partial charge in [0.15, 0.2) is 0 Å². The van der Waals surface area contributed by atoms with E-state index in [2.05, 4.69) is 9.46 Å². The second-order valence-electron chi connectivity index (χ2n) is 4.08. The van der Waals surface area contributed by atoms with Crippen molar-refractivity contribution in [1.29, 1.82) is 5.26 Å². The molecule has 4 N–H and O–H groups in total. The van der Waals surface area contributed by atoms with Crippen LogP contribution in [0, 0.1) is 11.3 Å². The van der Waals surface area contributed by atoms with Crippen molar-refractivity contribution in [3.8, 4) is 6.07 Å². The molecular weight excluding hydrogens is 284 g/mol. The average molecular weight is 298 g/mol. The van der Waals surface area contributed by atoms with Crippen LogP contribution < -0.4 is 15.2 Å². The second kappa shape index (κ2) is 6.12. The number of nitrogens with one attached hydrogen (secondary N) is 2. The molecule has 0 aliphatic heterocycles. The molecular formula is C11H14N4O4S. The third-order valence-corrected chi connectivity index (χ3v) is 2.91. The molecule has 0 saturated carbocycles. The number of anilines is 2. The fraction of sp³-hybridized carbons (Fsp3) is 0.273. The fourth-order valence-corrected chi connectivity index (χ4v) is 2.04. The van der Waals surface area contributed by atoms with Crippen LogP contribution in [0.25, 0.3) is 0 Å². The first-order chi connectivity index (χ1) is 9.23. The van der Waals surface area contributed by atoms with Crippen LogP contribution in [0.1, 0.15) is 19.4 Å². The maximum atomic E-state index is 11.7. The van der Waals surface area contributed by atoms with Crippen molar-refractivity contribution in [2.45, 2.75) is 20.0 Å². The number of nitrogens with two attached hydrogens (primary N) is 1. The first-order valence-corrected chi connectivity index (χ1v) is 7.02. The summed E-state index contributed by atoms with van der Waals surface area (Å²) in [4.78, 5) is 11.2. The molecule has 1 aromatic carbocycles. The largest absolute Gasteiger partial charge is 0.446 e. The molecule has 0 bridgehead atoms. The molecule has 20 heavy (non-hydrogen) atoms. The number of ether oxygens (including phenoxy) is 1. The van der Waals surface area contributed by atoms with Gasteiger partial charge in [0, 0.05) is 0 Å². The third kappa shape index (κ3) is 4.66. The number of benzene rings is 1. The molecule has 108 valence electrons. The number of nitrogen functional groups attached to an aromatic ring is 1. The highest BCUT2D eigenvalue weighted by atomic mass is 32.2. The summed E-state index contributed by atoms with van der Waals surface area (Å²) in [5, 5.41) is 8.67. The maximum absolute atomic E-state index is 11.7. The summed E-state index contributed by atoms with van der Waals surface area (Å²) < 4.78 is 31.7. The van der Waals surface area contributed by atoms with Crippen LogP contribution >= 0.6 is 0 Å². The lowest BCUT2D eigenvalue weighted by atomic mass is 10.2. The van der Waals surface area contributed by atoms with E-state index in [4.69, 9.17) is 11.0 Å². The molecule has 1 amide bonds. The monoisotopic (exact) mass is 298 g/mol. The van der Waals surface area contributed by atoms with Crippen molar-refractivity contribution in [3.05, 3.63) is 23.8 Å². The number of nitrogens with zero attached hydrogens (tertiary/aromatic N) is 1. The Morgan fingerprint density at radius 2 is 2.10 bits per heavy atom. The maximum Gasteiger partial charge on any atom is 0.422 e. The molecule has 0 fully saturated rings. The highest BCUT2D eigenvalue weighted by molar-refractivity contribution is 7.91. The predicted molar refractivity (Wildman–Crippen MR) is 72.9 cm³/mol. The average Bonchev–Trinajstić information content (AvgIpc) is 2.29. The predicted octanol–water partition coefficient (Wildman–Crippen LogP) is 0.932. The van der Waals surface area contributed by atoms with Gasteiger partial charge in [-0.25, -0.2) is 9.52 Å².